The van der Waals surface area contributed by atoms with Crippen molar-refractivity contribution in [1.82, 2.24) is 0 Å². The van der Waals surface area contributed by atoms with Gasteiger partial charge in [-0.25, -0.2) is 0 Å². The molecule has 0 bridgehead atoms. The van der Waals surface area contributed by atoms with Crippen molar-refractivity contribution in [2.45, 2.75) is 52.1 Å². The van der Waals surface area contributed by atoms with Crippen LogP contribution in [-0.2, 0) is 0 Å². The van der Waals surface area contributed by atoms with Crippen LogP contribution in [0, 0.1) is 17.8 Å². The Morgan fingerprint density at radius 1 is 1.11 bits per heavy atom. The van der Waals surface area contributed by atoms with Crippen molar-refractivity contribution in [3.8, 4) is 0 Å². The minimum atomic E-state index is -0.277. The molecule has 0 aliphatic heterocycles. The summed E-state index contributed by atoms with van der Waals surface area (Å²) in [6.07, 6.45) is 5.88. The fraction of sp³-hybridized carbons (Fsp3) is 0.647. The van der Waals surface area contributed by atoms with Gasteiger partial charge in [0, 0.05) is 0 Å². The molecule has 1 saturated carbocycles. The highest BCUT2D eigenvalue weighted by molar-refractivity contribution is 5.17. The lowest BCUT2D eigenvalue weighted by atomic mass is 9.74. The minimum Gasteiger partial charge on any atom is -0.388 e. The van der Waals surface area contributed by atoms with E-state index in [0.717, 1.165) is 29.7 Å². The maximum Gasteiger partial charge on any atom is 0.0790 e. The molecule has 1 aliphatic rings. The van der Waals surface area contributed by atoms with Crippen LogP contribution in [0.1, 0.15) is 57.6 Å². The van der Waals surface area contributed by atoms with Crippen LogP contribution in [0.3, 0.4) is 0 Å². The topological polar surface area (TPSA) is 20.2 Å². The van der Waals surface area contributed by atoms with Gasteiger partial charge in [0.15, 0.2) is 0 Å². The zero-order valence-corrected chi connectivity index (χ0v) is 11.7. The Morgan fingerprint density at radius 2 is 1.83 bits per heavy atom. The largest absolute Gasteiger partial charge is 0.388 e. The Bertz CT molecular complexity index is 346. The third-order valence-electron chi connectivity index (χ3n) is 4.74. The first-order valence-corrected chi connectivity index (χ1v) is 7.40. The van der Waals surface area contributed by atoms with E-state index in [4.69, 9.17) is 0 Å². The molecule has 1 fully saturated rings. The van der Waals surface area contributed by atoms with E-state index >= 15 is 0 Å². The van der Waals surface area contributed by atoms with Gasteiger partial charge in [0.1, 0.15) is 0 Å². The standard InChI is InChI=1S/C17H26O/c1-13-8-9-15(12-14(13)2)10-11-17(18)16-6-4-3-5-7-16/h3-7,13-15,17-18H,8-12H2,1-2H3. The highest BCUT2D eigenvalue weighted by Gasteiger charge is 2.24. The fourth-order valence-corrected chi connectivity index (χ4v) is 3.16. The SMILES string of the molecule is CC1CCC(CCC(O)c2ccccc2)CC1C. The van der Waals surface area contributed by atoms with E-state index in [1.165, 1.54) is 25.7 Å². The van der Waals surface area contributed by atoms with Gasteiger partial charge in [0.25, 0.3) is 0 Å². The van der Waals surface area contributed by atoms with Gasteiger partial charge in [-0.2, -0.15) is 0 Å². The molecule has 100 valence electrons. The van der Waals surface area contributed by atoms with E-state index < -0.39 is 0 Å². The Labute approximate surface area is 111 Å². The van der Waals surface area contributed by atoms with E-state index in [1.807, 2.05) is 30.3 Å². The van der Waals surface area contributed by atoms with Gasteiger partial charge >= 0.3 is 0 Å². The molecular formula is C17H26O. The van der Waals surface area contributed by atoms with E-state index in [-0.39, 0.29) is 6.10 Å². The lowest BCUT2D eigenvalue weighted by molar-refractivity contribution is 0.136. The molecule has 4 unspecified atom stereocenters. The average Bonchev–Trinajstić information content (AvgIpc) is 2.41. The molecule has 1 N–H and O–H groups in total. The van der Waals surface area contributed by atoms with E-state index in [2.05, 4.69) is 13.8 Å². The first-order chi connectivity index (χ1) is 8.66. The van der Waals surface area contributed by atoms with Crippen LogP contribution in [0.25, 0.3) is 0 Å². The zero-order chi connectivity index (χ0) is 13.0. The molecule has 1 nitrogen and oxygen atoms in total. The molecule has 18 heavy (non-hydrogen) atoms. The summed E-state index contributed by atoms with van der Waals surface area (Å²) in [5.41, 5.74) is 1.06. The van der Waals surface area contributed by atoms with E-state index in [1.54, 1.807) is 0 Å². The molecule has 2 rings (SSSR count). The van der Waals surface area contributed by atoms with Gasteiger partial charge in [0.05, 0.1) is 6.10 Å². The predicted molar refractivity (Wildman–Crippen MR) is 76.3 cm³/mol. The van der Waals surface area contributed by atoms with E-state index in [9.17, 15) is 5.11 Å². The second-order valence-corrected chi connectivity index (χ2v) is 6.14. The van der Waals surface area contributed by atoms with Gasteiger partial charge in [-0.15, -0.1) is 0 Å². The van der Waals surface area contributed by atoms with Crippen LogP contribution in [0.5, 0.6) is 0 Å². The number of aliphatic hydroxyl groups excluding tert-OH is 1. The average molecular weight is 246 g/mol. The van der Waals surface area contributed by atoms with Crippen molar-refractivity contribution >= 4 is 0 Å². The highest BCUT2D eigenvalue weighted by atomic mass is 16.3. The second kappa shape index (κ2) is 6.38. The van der Waals surface area contributed by atoms with Gasteiger partial charge in [-0.3, -0.25) is 0 Å². The lowest BCUT2D eigenvalue weighted by Gasteiger charge is -2.32. The molecule has 0 radical (unpaired) electrons. The number of benzene rings is 1. The zero-order valence-electron chi connectivity index (χ0n) is 11.7. The molecule has 4 atom stereocenters. The van der Waals surface area contributed by atoms with Crippen molar-refractivity contribution in [3.05, 3.63) is 35.9 Å². The lowest BCUT2D eigenvalue weighted by Crippen LogP contribution is -2.21. The molecule has 0 heterocycles. The predicted octanol–water partition coefficient (Wildman–Crippen LogP) is 4.57. The molecule has 0 amide bonds. The highest BCUT2D eigenvalue weighted by Crippen LogP contribution is 2.36. The van der Waals surface area contributed by atoms with Gasteiger partial charge in [-0.05, 0) is 42.6 Å². The van der Waals surface area contributed by atoms with Crippen molar-refractivity contribution in [3.63, 3.8) is 0 Å². The van der Waals surface area contributed by atoms with Gasteiger partial charge in [0.2, 0.25) is 0 Å². The van der Waals surface area contributed by atoms with Crippen molar-refractivity contribution in [2.24, 2.45) is 17.8 Å². The van der Waals surface area contributed by atoms with Crippen LogP contribution < -0.4 is 0 Å². The molecule has 0 saturated heterocycles. The van der Waals surface area contributed by atoms with Crippen molar-refractivity contribution < 1.29 is 5.11 Å². The minimum absolute atomic E-state index is 0.277. The smallest absolute Gasteiger partial charge is 0.0790 e. The Morgan fingerprint density at radius 3 is 2.50 bits per heavy atom. The van der Waals surface area contributed by atoms with Gasteiger partial charge in [-0.1, -0.05) is 57.0 Å². The van der Waals surface area contributed by atoms with Crippen LogP contribution in [0.2, 0.25) is 0 Å². The molecule has 1 heteroatoms. The van der Waals surface area contributed by atoms with Crippen LogP contribution >= 0.6 is 0 Å². The number of hydrogen-bond donors (Lipinski definition) is 1. The normalized spacial score (nSPS) is 30.1. The number of hydrogen-bond acceptors (Lipinski definition) is 1. The van der Waals surface area contributed by atoms with Crippen molar-refractivity contribution in [2.75, 3.05) is 0 Å². The van der Waals surface area contributed by atoms with Crippen LogP contribution in [0.4, 0.5) is 0 Å². The maximum atomic E-state index is 10.2. The Kier molecular flexibility index (Phi) is 4.82. The maximum absolute atomic E-state index is 10.2. The number of aliphatic hydroxyl groups is 1. The van der Waals surface area contributed by atoms with Crippen LogP contribution in [0.15, 0.2) is 30.3 Å². The molecular weight excluding hydrogens is 220 g/mol. The third kappa shape index (κ3) is 3.58. The first kappa shape index (κ1) is 13.6. The summed E-state index contributed by atoms with van der Waals surface area (Å²) in [7, 11) is 0. The first-order valence-electron chi connectivity index (χ1n) is 7.40. The molecule has 0 spiro atoms. The summed E-state index contributed by atoms with van der Waals surface area (Å²) in [6, 6.07) is 10.1. The fourth-order valence-electron chi connectivity index (χ4n) is 3.16. The van der Waals surface area contributed by atoms with Crippen molar-refractivity contribution in [1.29, 1.82) is 0 Å². The second-order valence-electron chi connectivity index (χ2n) is 6.14. The summed E-state index contributed by atoms with van der Waals surface area (Å²) < 4.78 is 0. The monoisotopic (exact) mass is 246 g/mol. The summed E-state index contributed by atoms with van der Waals surface area (Å²) in [4.78, 5) is 0. The molecule has 1 aromatic rings. The summed E-state index contributed by atoms with van der Waals surface area (Å²) in [5.74, 6) is 2.58. The van der Waals surface area contributed by atoms with Gasteiger partial charge < -0.3 is 5.11 Å². The number of rotatable bonds is 4. The molecule has 1 aromatic carbocycles. The quantitative estimate of drug-likeness (QED) is 0.825. The third-order valence-corrected chi connectivity index (χ3v) is 4.74. The van der Waals surface area contributed by atoms with E-state index in [0.29, 0.717) is 0 Å². The molecule has 0 aromatic heterocycles. The Balaban J connectivity index is 1.78. The molecule has 1 aliphatic carbocycles. The summed E-state index contributed by atoms with van der Waals surface area (Å²) >= 11 is 0. The summed E-state index contributed by atoms with van der Waals surface area (Å²) in [5, 5.41) is 10.2. The Hall–Kier alpha value is -0.820. The summed E-state index contributed by atoms with van der Waals surface area (Å²) in [6.45, 7) is 4.75. The van der Waals surface area contributed by atoms with Crippen LogP contribution in [-0.4, -0.2) is 5.11 Å².